The monoisotopic (exact) mass is 131 g/mol. The van der Waals surface area contributed by atoms with Crippen molar-refractivity contribution in [3.8, 4) is 0 Å². The van der Waals surface area contributed by atoms with Gasteiger partial charge < -0.3 is 9.47 Å². The maximum absolute atomic E-state index is 10.3. The van der Waals surface area contributed by atoms with Gasteiger partial charge in [-0.15, -0.1) is 0 Å². The third-order valence-corrected chi connectivity index (χ3v) is 0.626. The van der Waals surface area contributed by atoms with E-state index in [2.05, 4.69) is 16.4 Å². The number of carbonyl (C=O) groups is 1. The van der Waals surface area contributed by atoms with Crippen molar-refractivity contribution in [2.24, 2.45) is 0 Å². The lowest BCUT2D eigenvalue weighted by Gasteiger charge is -2.00. The number of carbonyl (C=O) groups excluding carboxylic acids is 1. The standard InChI is InChI=1S/C6H11O3/c1-3-5-9-6(7)8-4-2/h1,3-5H2,2H3. The molecular weight excluding hydrogens is 120 g/mol. The summed E-state index contributed by atoms with van der Waals surface area (Å²) in [6, 6.07) is 0. The Hall–Kier alpha value is -0.730. The van der Waals surface area contributed by atoms with Gasteiger partial charge in [0.2, 0.25) is 0 Å². The van der Waals surface area contributed by atoms with Crippen LogP contribution in [0.15, 0.2) is 0 Å². The zero-order valence-electron chi connectivity index (χ0n) is 5.55. The summed E-state index contributed by atoms with van der Waals surface area (Å²) >= 11 is 0. The van der Waals surface area contributed by atoms with E-state index in [0.717, 1.165) is 0 Å². The van der Waals surface area contributed by atoms with Crippen molar-refractivity contribution >= 4 is 6.16 Å². The summed E-state index contributed by atoms with van der Waals surface area (Å²) in [5.41, 5.74) is 0. The van der Waals surface area contributed by atoms with Crippen LogP contribution in [-0.2, 0) is 9.47 Å². The van der Waals surface area contributed by atoms with Crippen molar-refractivity contribution in [3.05, 3.63) is 6.92 Å². The first-order valence-electron chi connectivity index (χ1n) is 2.90. The normalized spacial score (nSPS) is 8.67. The van der Waals surface area contributed by atoms with Crippen LogP contribution in [-0.4, -0.2) is 19.4 Å². The molecular formula is C6H11O3. The van der Waals surface area contributed by atoms with Gasteiger partial charge in [-0.1, -0.05) is 0 Å². The van der Waals surface area contributed by atoms with Gasteiger partial charge >= 0.3 is 6.16 Å². The number of rotatable bonds is 3. The maximum Gasteiger partial charge on any atom is 0.508 e. The third-order valence-electron chi connectivity index (χ3n) is 0.626. The van der Waals surface area contributed by atoms with Crippen molar-refractivity contribution in [2.45, 2.75) is 13.3 Å². The van der Waals surface area contributed by atoms with E-state index in [1.54, 1.807) is 6.92 Å². The lowest BCUT2D eigenvalue weighted by Crippen LogP contribution is -2.07. The van der Waals surface area contributed by atoms with Gasteiger partial charge in [-0.2, -0.15) is 0 Å². The molecule has 0 aliphatic rings. The minimum absolute atomic E-state index is 0.332. The highest BCUT2D eigenvalue weighted by molar-refractivity contribution is 5.59. The van der Waals surface area contributed by atoms with E-state index in [4.69, 9.17) is 0 Å². The molecule has 0 unspecified atom stereocenters. The number of hydrogen-bond acceptors (Lipinski definition) is 3. The summed E-state index contributed by atoms with van der Waals surface area (Å²) < 4.78 is 8.96. The van der Waals surface area contributed by atoms with Crippen LogP contribution in [0.2, 0.25) is 0 Å². The molecule has 0 amide bonds. The smallest absolute Gasteiger partial charge is 0.435 e. The molecule has 0 aliphatic carbocycles. The van der Waals surface area contributed by atoms with E-state index >= 15 is 0 Å². The molecule has 0 spiro atoms. The number of hydrogen-bond donors (Lipinski definition) is 0. The fraction of sp³-hybridized carbons (Fsp3) is 0.667. The number of ether oxygens (including phenoxy) is 2. The van der Waals surface area contributed by atoms with E-state index in [1.807, 2.05) is 0 Å². The molecule has 53 valence electrons. The van der Waals surface area contributed by atoms with E-state index in [0.29, 0.717) is 19.6 Å². The van der Waals surface area contributed by atoms with Crippen molar-refractivity contribution in [1.82, 2.24) is 0 Å². The van der Waals surface area contributed by atoms with Crippen LogP contribution in [0.4, 0.5) is 4.79 Å². The molecule has 0 atom stereocenters. The van der Waals surface area contributed by atoms with Gasteiger partial charge in [0.1, 0.15) is 0 Å². The van der Waals surface area contributed by atoms with E-state index in [-0.39, 0.29) is 0 Å². The topological polar surface area (TPSA) is 35.5 Å². The minimum atomic E-state index is -0.610. The molecule has 0 aliphatic heterocycles. The lowest BCUT2D eigenvalue weighted by molar-refractivity contribution is 0.0602. The Balaban J connectivity index is 3.06. The Morgan fingerprint density at radius 1 is 1.56 bits per heavy atom. The highest BCUT2D eigenvalue weighted by Gasteiger charge is 1.97. The summed E-state index contributed by atoms with van der Waals surface area (Å²) in [7, 11) is 0. The van der Waals surface area contributed by atoms with Gasteiger partial charge in [0, 0.05) is 0 Å². The van der Waals surface area contributed by atoms with Gasteiger partial charge in [0.15, 0.2) is 0 Å². The second-order valence-corrected chi connectivity index (χ2v) is 1.39. The molecule has 0 saturated carbocycles. The quantitative estimate of drug-likeness (QED) is 0.543. The highest BCUT2D eigenvalue weighted by atomic mass is 16.7. The summed E-state index contributed by atoms with van der Waals surface area (Å²) in [5.74, 6) is 0. The average Bonchev–Trinajstić information content (AvgIpc) is 1.85. The van der Waals surface area contributed by atoms with Crippen LogP contribution < -0.4 is 0 Å². The summed E-state index contributed by atoms with van der Waals surface area (Å²) in [5, 5.41) is 0. The molecule has 3 nitrogen and oxygen atoms in total. The lowest BCUT2D eigenvalue weighted by atomic mass is 10.5. The molecule has 0 rings (SSSR count). The second kappa shape index (κ2) is 5.41. The van der Waals surface area contributed by atoms with Gasteiger partial charge in [0.25, 0.3) is 0 Å². The summed E-state index contributed by atoms with van der Waals surface area (Å²) in [6.07, 6.45) is -0.0279. The molecule has 3 heteroatoms. The first kappa shape index (κ1) is 8.27. The van der Waals surface area contributed by atoms with Gasteiger partial charge in [0.05, 0.1) is 13.2 Å². The molecule has 0 aromatic rings. The Morgan fingerprint density at radius 3 is 2.67 bits per heavy atom. The predicted octanol–water partition coefficient (Wildman–Crippen LogP) is 1.38. The first-order chi connectivity index (χ1) is 4.31. The Kier molecular flexibility index (Phi) is 4.97. The Morgan fingerprint density at radius 2 is 2.22 bits per heavy atom. The van der Waals surface area contributed by atoms with E-state index < -0.39 is 6.16 Å². The largest absolute Gasteiger partial charge is 0.508 e. The van der Waals surface area contributed by atoms with Gasteiger partial charge in [-0.25, -0.2) is 4.79 Å². The van der Waals surface area contributed by atoms with E-state index in [9.17, 15) is 4.79 Å². The average molecular weight is 131 g/mol. The Labute approximate surface area is 55.0 Å². The van der Waals surface area contributed by atoms with E-state index in [1.165, 1.54) is 0 Å². The van der Waals surface area contributed by atoms with Crippen LogP contribution in [0.25, 0.3) is 0 Å². The SMILES string of the molecule is [CH2]CCOC(=O)OCC. The molecule has 0 aromatic heterocycles. The fourth-order valence-corrected chi connectivity index (χ4v) is 0.315. The first-order valence-corrected chi connectivity index (χ1v) is 2.90. The zero-order chi connectivity index (χ0) is 7.11. The van der Waals surface area contributed by atoms with Crippen LogP contribution in [0.1, 0.15) is 13.3 Å². The fourth-order valence-electron chi connectivity index (χ4n) is 0.315. The van der Waals surface area contributed by atoms with Crippen molar-refractivity contribution in [3.63, 3.8) is 0 Å². The summed E-state index contributed by atoms with van der Waals surface area (Å²) in [6.45, 7) is 5.90. The van der Waals surface area contributed by atoms with Crippen molar-refractivity contribution < 1.29 is 14.3 Å². The molecule has 0 N–H and O–H groups in total. The molecule has 9 heavy (non-hydrogen) atoms. The second-order valence-electron chi connectivity index (χ2n) is 1.39. The zero-order valence-corrected chi connectivity index (χ0v) is 5.55. The van der Waals surface area contributed by atoms with Crippen molar-refractivity contribution in [2.75, 3.05) is 13.2 Å². The Bertz CT molecular complexity index is 80.4. The van der Waals surface area contributed by atoms with Gasteiger partial charge in [-0.05, 0) is 20.3 Å². The van der Waals surface area contributed by atoms with Crippen molar-refractivity contribution in [1.29, 1.82) is 0 Å². The molecule has 0 aromatic carbocycles. The molecule has 0 fully saturated rings. The highest BCUT2D eigenvalue weighted by Crippen LogP contribution is 1.85. The molecule has 0 heterocycles. The van der Waals surface area contributed by atoms with Gasteiger partial charge in [-0.3, -0.25) is 0 Å². The maximum atomic E-state index is 10.3. The molecule has 0 saturated heterocycles. The third kappa shape index (κ3) is 5.14. The van der Waals surface area contributed by atoms with Crippen LogP contribution >= 0.6 is 0 Å². The predicted molar refractivity (Wildman–Crippen MR) is 32.9 cm³/mol. The van der Waals surface area contributed by atoms with Crippen LogP contribution in [0.3, 0.4) is 0 Å². The van der Waals surface area contributed by atoms with Crippen LogP contribution in [0.5, 0.6) is 0 Å². The minimum Gasteiger partial charge on any atom is -0.435 e. The summed E-state index contributed by atoms with van der Waals surface area (Å²) in [4.78, 5) is 10.3. The molecule has 1 radical (unpaired) electrons. The van der Waals surface area contributed by atoms with Crippen LogP contribution in [0, 0.1) is 6.92 Å². The molecule has 0 bridgehead atoms.